The third kappa shape index (κ3) is 5.89. The minimum Gasteiger partial charge on any atom is -0.493 e. The van der Waals surface area contributed by atoms with Crippen LogP contribution in [0.15, 0.2) is 41.5 Å². The van der Waals surface area contributed by atoms with Gasteiger partial charge in [0.1, 0.15) is 29.0 Å². The lowest BCUT2D eigenvalue weighted by Crippen LogP contribution is -2.78. The minimum absolute atomic E-state index is 0.0435. The Morgan fingerprint density at radius 2 is 1.59 bits per heavy atom. The normalized spacial score (nSPS) is 36.1. The Hall–Kier alpha value is -3.67. The number of carbonyl (C=O) groups is 3. The number of fused-ring (bicyclic) bond motifs is 5. The van der Waals surface area contributed by atoms with Gasteiger partial charge in [-0.05, 0) is 88.8 Å². The molecule has 11 nitrogen and oxygen atoms in total. The Morgan fingerprint density at radius 1 is 0.902 bits per heavy atom. The number of allylic oxidation sites excluding steroid dienone is 1. The summed E-state index contributed by atoms with van der Waals surface area (Å²) in [6, 6.07) is 3.47. The van der Waals surface area contributed by atoms with Gasteiger partial charge in [-0.25, -0.2) is 9.59 Å². The van der Waals surface area contributed by atoms with Crippen LogP contribution in [0.5, 0.6) is 17.2 Å². The average Bonchev–Trinajstić information content (AvgIpc) is 3.32. The molecule has 280 valence electrons. The molecule has 0 radical (unpaired) electrons. The molecule has 4 aliphatic rings. The summed E-state index contributed by atoms with van der Waals surface area (Å²) in [7, 11) is 4.53. The molecule has 3 N–H and O–H groups in total. The van der Waals surface area contributed by atoms with E-state index in [1.807, 2.05) is 33.8 Å². The van der Waals surface area contributed by atoms with Crippen molar-refractivity contribution in [2.45, 2.75) is 115 Å². The van der Waals surface area contributed by atoms with E-state index in [0.29, 0.717) is 42.1 Å². The summed E-state index contributed by atoms with van der Waals surface area (Å²) in [5.74, 6) is -0.865. The van der Waals surface area contributed by atoms with Gasteiger partial charge in [0, 0.05) is 30.1 Å². The van der Waals surface area contributed by atoms with Crippen molar-refractivity contribution in [3.63, 3.8) is 0 Å². The van der Waals surface area contributed by atoms with Crippen LogP contribution in [0.2, 0.25) is 0 Å². The quantitative estimate of drug-likeness (QED) is 0.165. The highest BCUT2D eigenvalue weighted by Crippen LogP contribution is 2.71. The Bertz CT molecular complexity index is 1660. The fraction of sp³-hybridized carbons (Fsp3) is 0.625. The molecule has 11 heteroatoms. The number of benzene rings is 1. The second-order valence-corrected chi connectivity index (χ2v) is 15.6. The van der Waals surface area contributed by atoms with Gasteiger partial charge in [-0.2, -0.15) is 0 Å². The fourth-order valence-corrected chi connectivity index (χ4v) is 9.60. The zero-order valence-electron chi connectivity index (χ0n) is 31.3. The standard InChI is InChI=1S/C40H54O11/c1-23(2)24(3)20-33(43)51-31-22-30-36(5)16-15-28(50-32(42)13-11-26-10-12-29(47-7)35(49-9)34(26)48-8)21-27(36)14-17-39(30,45)40(46)19-18-38(44,25(4)41)37(31,40)6/h10-14,20,23,28,30-31,44-46H,15-19,21-22H2,1-9H3/b13-11+,24-20+/t28-,30?,31+,36-,37+,38+,39-,40+/m0/s1. The minimum atomic E-state index is -2.02. The van der Waals surface area contributed by atoms with Gasteiger partial charge in [0.15, 0.2) is 17.3 Å². The number of ether oxygens (including phenoxy) is 5. The maximum Gasteiger partial charge on any atom is 0.331 e. The maximum atomic E-state index is 13.3. The van der Waals surface area contributed by atoms with Crippen LogP contribution in [0.3, 0.4) is 0 Å². The summed E-state index contributed by atoms with van der Waals surface area (Å²) < 4.78 is 28.3. The first-order chi connectivity index (χ1) is 23.9. The van der Waals surface area contributed by atoms with Gasteiger partial charge in [0.05, 0.1) is 26.7 Å². The smallest absolute Gasteiger partial charge is 0.331 e. The molecule has 3 saturated carbocycles. The van der Waals surface area contributed by atoms with E-state index in [1.165, 1.54) is 40.4 Å². The zero-order chi connectivity index (χ0) is 37.7. The summed E-state index contributed by atoms with van der Waals surface area (Å²) in [4.78, 5) is 39.5. The van der Waals surface area contributed by atoms with Crippen LogP contribution in [-0.4, -0.2) is 83.4 Å². The highest BCUT2D eigenvalue weighted by atomic mass is 16.6. The summed E-state index contributed by atoms with van der Waals surface area (Å²) in [6.45, 7) is 10.6. The highest BCUT2D eigenvalue weighted by molar-refractivity contribution is 5.89. The lowest BCUT2D eigenvalue weighted by molar-refractivity contribution is -0.314. The molecule has 0 spiro atoms. The van der Waals surface area contributed by atoms with Crippen LogP contribution in [-0.2, 0) is 23.9 Å². The van der Waals surface area contributed by atoms with Crippen molar-refractivity contribution in [1.82, 2.24) is 0 Å². The molecule has 0 bridgehead atoms. The SMILES string of the molecule is COc1ccc(/C=C/C(=O)O[C@H]2CC[C@@]3(C)C(=CC[C@]4(O)C3C[C@@H](OC(=O)/C=C(\C)C(C)C)[C@@]3(C)[C@]4(O)CC[C@@]3(O)C(C)=O)C2)c(OC)c1OC. The van der Waals surface area contributed by atoms with Crippen molar-refractivity contribution in [2.24, 2.45) is 22.7 Å². The lowest BCUT2D eigenvalue weighted by Gasteiger charge is -2.67. The first-order valence-electron chi connectivity index (χ1n) is 17.8. The molecule has 5 rings (SSSR count). The maximum absolute atomic E-state index is 13.3. The average molecular weight is 711 g/mol. The van der Waals surface area contributed by atoms with E-state index in [1.54, 1.807) is 25.1 Å². The monoisotopic (exact) mass is 710 g/mol. The van der Waals surface area contributed by atoms with Gasteiger partial charge in [-0.15, -0.1) is 0 Å². The van der Waals surface area contributed by atoms with Crippen molar-refractivity contribution < 1.29 is 53.4 Å². The van der Waals surface area contributed by atoms with Crippen molar-refractivity contribution in [3.05, 3.63) is 47.1 Å². The molecule has 0 saturated heterocycles. The van der Waals surface area contributed by atoms with Gasteiger partial charge >= 0.3 is 11.9 Å². The van der Waals surface area contributed by atoms with Gasteiger partial charge in [-0.1, -0.05) is 38.0 Å². The molecule has 0 aromatic heterocycles. The van der Waals surface area contributed by atoms with Crippen LogP contribution in [0.4, 0.5) is 0 Å². The van der Waals surface area contributed by atoms with E-state index >= 15 is 0 Å². The van der Waals surface area contributed by atoms with Crippen molar-refractivity contribution in [3.8, 4) is 17.2 Å². The van der Waals surface area contributed by atoms with Crippen molar-refractivity contribution >= 4 is 23.8 Å². The van der Waals surface area contributed by atoms with Crippen LogP contribution in [0.25, 0.3) is 6.08 Å². The van der Waals surface area contributed by atoms with Gasteiger partial charge in [0.25, 0.3) is 0 Å². The third-order valence-electron chi connectivity index (χ3n) is 13.1. The summed E-state index contributed by atoms with van der Waals surface area (Å²) in [5, 5.41) is 37.3. The Kier molecular flexibility index (Phi) is 10.4. The zero-order valence-corrected chi connectivity index (χ0v) is 31.3. The number of methoxy groups -OCH3 is 3. The van der Waals surface area contributed by atoms with Gasteiger partial charge in [-0.3, -0.25) is 4.79 Å². The molecular weight excluding hydrogens is 656 g/mol. The fourth-order valence-electron chi connectivity index (χ4n) is 9.60. The molecule has 1 aromatic rings. The highest BCUT2D eigenvalue weighted by Gasteiger charge is 2.81. The molecule has 0 aliphatic heterocycles. The Balaban J connectivity index is 1.42. The van der Waals surface area contributed by atoms with Gasteiger partial charge in [0.2, 0.25) is 5.75 Å². The summed E-state index contributed by atoms with van der Waals surface area (Å²) in [5.41, 5.74) is -5.62. The number of Topliss-reactive ketones (excluding diaryl/α,β-unsaturated/α-hetero) is 1. The molecular formula is C40H54O11. The van der Waals surface area contributed by atoms with E-state index in [4.69, 9.17) is 23.7 Å². The van der Waals surface area contributed by atoms with E-state index in [-0.39, 0.29) is 31.6 Å². The predicted octanol–water partition coefficient (Wildman–Crippen LogP) is 5.27. The molecule has 51 heavy (non-hydrogen) atoms. The summed E-state index contributed by atoms with van der Waals surface area (Å²) >= 11 is 0. The topological polar surface area (TPSA) is 158 Å². The van der Waals surface area contributed by atoms with E-state index < -0.39 is 63.5 Å². The number of carbonyl (C=O) groups excluding carboxylic acids is 3. The van der Waals surface area contributed by atoms with Crippen LogP contribution in [0, 0.1) is 22.7 Å². The number of esters is 2. The van der Waals surface area contributed by atoms with E-state index in [9.17, 15) is 29.7 Å². The van der Waals surface area contributed by atoms with Crippen molar-refractivity contribution in [2.75, 3.05) is 21.3 Å². The molecule has 0 heterocycles. The van der Waals surface area contributed by atoms with Gasteiger partial charge < -0.3 is 39.0 Å². The second-order valence-electron chi connectivity index (χ2n) is 15.6. The molecule has 3 fully saturated rings. The molecule has 1 aromatic carbocycles. The molecule has 4 aliphatic carbocycles. The first-order valence-corrected chi connectivity index (χ1v) is 17.8. The molecule has 8 atom stereocenters. The summed E-state index contributed by atoms with van der Waals surface area (Å²) in [6.07, 6.45) is 6.29. The first kappa shape index (κ1) is 38.6. The number of rotatable bonds is 10. The second kappa shape index (κ2) is 13.7. The largest absolute Gasteiger partial charge is 0.493 e. The number of hydrogen-bond acceptors (Lipinski definition) is 11. The molecule has 1 unspecified atom stereocenters. The Morgan fingerprint density at radius 3 is 2.20 bits per heavy atom. The number of aliphatic hydroxyl groups is 3. The van der Waals surface area contributed by atoms with Crippen LogP contribution < -0.4 is 14.2 Å². The number of ketones is 1. The van der Waals surface area contributed by atoms with Crippen molar-refractivity contribution in [1.29, 1.82) is 0 Å². The van der Waals surface area contributed by atoms with Crippen LogP contribution in [0.1, 0.15) is 92.1 Å². The van der Waals surface area contributed by atoms with Crippen LogP contribution >= 0.6 is 0 Å². The lowest BCUT2D eigenvalue weighted by atomic mass is 9.42. The molecule has 0 amide bonds. The van der Waals surface area contributed by atoms with E-state index in [2.05, 4.69) is 0 Å². The number of hydrogen-bond donors (Lipinski definition) is 3. The Labute approximate surface area is 300 Å². The van der Waals surface area contributed by atoms with E-state index in [0.717, 1.165) is 11.1 Å². The third-order valence-corrected chi connectivity index (χ3v) is 13.1. The predicted molar refractivity (Wildman–Crippen MR) is 189 cm³/mol.